The zero-order chi connectivity index (χ0) is 20.6. The fourth-order valence-electron chi connectivity index (χ4n) is 0. The molecule has 0 radical (unpaired) electrons. The van der Waals surface area contributed by atoms with Gasteiger partial charge >= 0.3 is 0 Å². The van der Waals surface area contributed by atoms with Crippen molar-refractivity contribution in [3.05, 3.63) is 48.6 Å². The second kappa shape index (κ2) is 19.5. The molecule has 0 aliphatic heterocycles. The molecule has 25 heavy (non-hydrogen) atoms. The molecule has 0 aliphatic carbocycles. The van der Waals surface area contributed by atoms with E-state index >= 15 is 0 Å². The number of carbonyl (C=O) groups excluding carboxylic acids is 4. The molecular weight excluding hydrogens is 386 g/mol. The van der Waals surface area contributed by atoms with E-state index in [1.807, 2.05) is 0 Å². The second-order valence-corrected chi connectivity index (χ2v) is 4.27. The Morgan fingerprint density at radius 2 is 0.520 bits per heavy atom. The zero-order valence-corrected chi connectivity index (χ0v) is 17.8. The Kier molecular flexibility index (Phi) is 26.5. The summed E-state index contributed by atoms with van der Waals surface area (Å²) in [7, 11) is 0. The molecule has 0 atom stereocenters. The Hall–Kier alpha value is -2.54. The van der Waals surface area contributed by atoms with Crippen molar-refractivity contribution in [2.24, 2.45) is 0 Å². The summed E-state index contributed by atoms with van der Waals surface area (Å²) in [5.41, 5.74) is 0.259. The third kappa shape index (κ3) is 44.9. The first-order chi connectivity index (χ1) is 10.6. The van der Waals surface area contributed by atoms with Gasteiger partial charge in [-0.3, -0.25) is 0 Å². The topological polar surface area (TPSA) is 161 Å². The Morgan fingerprint density at radius 1 is 0.480 bits per heavy atom. The molecular formula is C16H20O8Zn-4. The predicted molar refractivity (Wildman–Crippen MR) is 79.3 cm³/mol. The van der Waals surface area contributed by atoms with Crippen LogP contribution >= 0.6 is 0 Å². The summed E-state index contributed by atoms with van der Waals surface area (Å²) in [6.45, 7) is 17.9. The molecule has 0 amide bonds. The van der Waals surface area contributed by atoms with Crippen LogP contribution in [-0.4, -0.2) is 23.9 Å². The summed E-state index contributed by atoms with van der Waals surface area (Å²) in [5.74, 6) is -4.74. The summed E-state index contributed by atoms with van der Waals surface area (Å²) in [5, 5.41) is 38.0. The van der Waals surface area contributed by atoms with E-state index < -0.39 is 23.9 Å². The number of hydrogen-bond acceptors (Lipinski definition) is 8. The van der Waals surface area contributed by atoms with Crippen molar-refractivity contribution in [2.45, 2.75) is 27.7 Å². The van der Waals surface area contributed by atoms with E-state index in [0.29, 0.717) is 0 Å². The molecule has 138 valence electrons. The van der Waals surface area contributed by atoms with Crippen LogP contribution in [0.3, 0.4) is 0 Å². The SMILES string of the molecule is C=C(C)C(=O)[O-].C=C(C)C(=O)[O-].C=C(C)C(=O)[O-].C=C(C)C(=O)[O-].[Zn]. The zero-order valence-electron chi connectivity index (χ0n) is 14.8. The van der Waals surface area contributed by atoms with Crippen LogP contribution in [0.5, 0.6) is 0 Å². The Morgan fingerprint density at radius 3 is 0.520 bits per heavy atom. The largest absolute Gasteiger partial charge is 0.545 e. The van der Waals surface area contributed by atoms with Crippen molar-refractivity contribution in [1.29, 1.82) is 0 Å². The van der Waals surface area contributed by atoms with Crippen molar-refractivity contribution in [3.63, 3.8) is 0 Å². The second-order valence-electron chi connectivity index (χ2n) is 4.27. The van der Waals surface area contributed by atoms with Crippen LogP contribution < -0.4 is 20.4 Å². The molecule has 0 bridgehead atoms. The van der Waals surface area contributed by atoms with Gasteiger partial charge in [0.2, 0.25) is 0 Å². The van der Waals surface area contributed by atoms with Crippen LogP contribution in [0.2, 0.25) is 0 Å². The van der Waals surface area contributed by atoms with E-state index in [-0.39, 0.29) is 41.8 Å². The van der Waals surface area contributed by atoms with Gasteiger partial charge in [-0.05, 0) is 50.0 Å². The average molecular weight is 406 g/mol. The van der Waals surface area contributed by atoms with E-state index in [9.17, 15) is 39.6 Å². The van der Waals surface area contributed by atoms with Gasteiger partial charge in [-0.25, -0.2) is 0 Å². The standard InChI is InChI=1S/4C4H6O2.Zn/c4*1-3(2)4(5)6;/h4*1H2,2H3,(H,5,6);/p-4. The van der Waals surface area contributed by atoms with Gasteiger partial charge in [-0.1, -0.05) is 26.3 Å². The van der Waals surface area contributed by atoms with Crippen LogP contribution in [0.25, 0.3) is 0 Å². The first-order valence-corrected chi connectivity index (χ1v) is 6.05. The Labute approximate surface area is 159 Å². The fourth-order valence-corrected chi connectivity index (χ4v) is 0. The number of carbonyl (C=O) groups is 4. The molecule has 9 heteroatoms. The van der Waals surface area contributed by atoms with Crippen molar-refractivity contribution < 1.29 is 59.1 Å². The number of aliphatic carboxylic acids is 4. The van der Waals surface area contributed by atoms with E-state index in [1.54, 1.807) is 0 Å². The number of carboxylic acid groups (broad SMARTS) is 4. The maximum Gasteiger partial charge on any atom is 0.0666 e. The number of rotatable bonds is 4. The van der Waals surface area contributed by atoms with Crippen LogP contribution in [0.1, 0.15) is 27.7 Å². The summed E-state index contributed by atoms with van der Waals surface area (Å²) in [4.78, 5) is 38.0. The molecule has 0 N–H and O–H groups in total. The minimum Gasteiger partial charge on any atom is -0.545 e. The quantitative estimate of drug-likeness (QED) is 0.359. The molecule has 0 unspecified atom stereocenters. The van der Waals surface area contributed by atoms with Crippen molar-refractivity contribution >= 4 is 23.9 Å². The predicted octanol–water partition coefficient (Wildman–Crippen LogP) is -2.75. The molecule has 0 spiro atoms. The minimum atomic E-state index is -1.19. The van der Waals surface area contributed by atoms with Gasteiger partial charge < -0.3 is 39.6 Å². The third-order valence-corrected chi connectivity index (χ3v) is 1.39. The molecule has 0 aromatic rings. The van der Waals surface area contributed by atoms with Gasteiger partial charge in [-0.2, -0.15) is 0 Å². The molecule has 0 saturated carbocycles. The number of hydrogen-bond donors (Lipinski definition) is 0. The van der Waals surface area contributed by atoms with Gasteiger partial charge in [-0.15, -0.1) is 0 Å². The monoisotopic (exact) mass is 404 g/mol. The van der Waals surface area contributed by atoms with E-state index in [4.69, 9.17) is 0 Å². The molecule has 0 saturated heterocycles. The molecule has 0 aromatic carbocycles. The maximum atomic E-state index is 9.49. The third-order valence-electron chi connectivity index (χ3n) is 1.39. The van der Waals surface area contributed by atoms with Gasteiger partial charge in [0.1, 0.15) is 0 Å². The maximum absolute atomic E-state index is 9.49. The Balaban J connectivity index is -0.0000000702. The molecule has 0 fully saturated rings. The fraction of sp³-hybridized carbons (Fsp3) is 0.250. The van der Waals surface area contributed by atoms with Crippen molar-refractivity contribution in [1.82, 2.24) is 0 Å². The van der Waals surface area contributed by atoms with Gasteiger partial charge in [0.15, 0.2) is 0 Å². The van der Waals surface area contributed by atoms with Gasteiger partial charge in [0, 0.05) is 19.5 Å². The Bertz CT molecular complexity index is 388. The van der Waals surface area contributed by atoms with Crippen LogP contribution in [0.4, 0.5) is 0 Å². The van der Waals surface area contributed by atoms with Gasteiger partial charge in [0.25, 0.3) is 0 Å². The summed E-state index contributed by atoms with van der Waals surface area (Å²) in [6.07, 6.45) is 0. The van der Waals surface area contributed by atoms with Crippen LogP contribution in [-0.2, 0) is 38.7 Å². The molecule has 0 aliphatic rings. The summed E-state index contributed by atoms with van der Waals surface area (Å²) >= 11 is 0. The first-order valence-electron chi connectivity index (χ1n) is 6.05. The van der Waals surface area contributed by atoms with E-state index in [1.165, 1.54) is 27.7 Å². The first kappa shape index (κ1) is 33.9. The number of carboxylic acids is 4. The van der Waals surface area contributed by atoms with Crippen LogP contribution in [0.15, 0.2) is 48.6 Å². The normalized spacial score (nSPS) is 7.20. The summed E-state index contributed by atoms with van der Waals surface area (Å²) in [6, 6.07) is 0. The van der Waals surface area contributed by atoms with Crippen LogP contribution in [0, 0.1) is 0 Å². The smallest absolute Gasteiger partial charge is 0.0666 e. The molecule has 0 aromatic heterocycles. The molecule has 0 rings (SSSR count). The molecule has 8 nitrogen and oxygen atoms in total. The average Bonchev–Trinajstić information content (AvgIpc) is 2.40. The van der Waals surface area contributed by atoms with E-state index in [2.05, 4.69) is 26.3 Å². The molecule has 0 heterocycles. The van der Waals surface area contributed by atoms with Crippen molar-refractivity contribution in [2.75, 3.05) is 0 Å². The minimum absolute atomic E-state index is 0. The summed E-state index contributed by atoms with van der Waals surface area (Å²) < 4.78 is 0. The van der Waals surface area contributed by atoms with Gasteiger partial charge in [0.05, 0.1) is 23.9 Å². The van der Waals surface area contributed by atoms with E-state index in [0.717, 1.165) is 0 Å². The van der Waals surface area contributed by atoms with Crippen molar-refractivity contribution in [3.8, 4) is 0 Å².